The minimum absolute atomic E-state index is 0. The molecule has 3 N–H and O–H groups in total. The van der Waals surface area contributed by atoms with E-state index >= 15 is 0 Å². The normalized spacial score (nSPS) is 11.5. The Labute approximate surface area is 117 Å². The van der Waals surface area contributed by atoms with Crippen LogP contribution in [0.15, 0.2) is 18.2 Å². The monoisotopic (exact) mass is 296 g/mol. The van der Waals surface area contributed by atoms with Crippen molar-refractivity contribution < 1.29 is 4.79 Å². The highest BCUT2D eigenvalue weighted by atomic mass is 35.5. The maximum absolute atomic E-state index is 11.7. The van der Waals surface area contributed by atoms with Gasteiger partial charge in [0.25, 0.3) is 5.91 Å². The predicted octanol–water partition coefficient (Wildman–Crippen LogP) is 2.88. The van der Waals surface area contributed by atoms with Gasteiger partial charge in [-0.25, -0.2) is 0 Å². The van der Waals surface area contributed by atoms with Crippen LogP contribution in [0, 0.1) is 0 Å². The summed E-state index contributed by atoms with van der Waals surface area (Å²) in [6.07, 6.45) is 0.716. The van der Waals surface area contributed by atoms with E-state index in [9.17, 15) is 4.79 Å². The van der Waals surface area contributed by atoms with E-state index in [4.69, 9.17) is 28.9 Å². The summed E-state index contributed by atoms with van der Waals surface area (Å²) in [4.78, 5) is 11.7. The molecule has 0 spiro atoms. The van der Waals surface area contributed by atoms with E-state index in [2.05, 4.69) is 5.32 Å². The van der Waals surface area contributed by atoms with Crippen LogP contribution in [0.25, 0.3) is 0 Å². The first kappa shape index (κ1) is 16.5. The summed E-state index contributed by atoms with van der Waals surface area (Å²) in [5, 5.41) is 3.43. The van der Waals surface area contributed by atoms with Crippen molar-refractivity contribution in [3.05, 3.63) is 33.8 Å². The largest absolute Gasteiger partial charge is 0.352 e. The smallest absolute Gasteiger partial charge is 0.254 e. The van der Waals surface area contributed by atoms with Crippen molar-refractivity contribution >= 4 is 41.5 Å². The molecule has 3 nitrogen and oxygen atoms in total. The fourth-order valence-electron chi connectivity index (χ4n) is 1.22. The molecule has 0 aliphatic rings. The van der Waals surface area contributed by atoms with Crippen LogP contribution in [0.1, 0.15) is 23.7 Å². The third-order valence-electron chi connectivity index (χ3n) is 2.08. The van der Waals surface area contributed by atoms with Crippen LogP contribution < -0.4 is 11.1 Å². The van der Waals surface area contributed by atoms with E-state index in [1.165, 1.54) is 0 Å². The SMILES string of the molecule is CC(N)CCNC(=O)c1c(Cl)cccc1Cl.Cl. The first-order valence-corrected chi connectivity index (χ1v) is 5.75. The Kier molecular flexibility index (Phi) is 7.55. The lowest BCUT2D eigenvalue weighted by Gasteiger charge is -2.09. The Morgan fingerprint density at radius 1 is 1.41 bits per heavy atom. The maximum atomic E-state index is 11.7. The first-order chi connectivity index (χ1) is 7.52. The molecule has 1 atom stereocenters. The molecule has 96 valence electrons. The summed E-state index contributed by atoms with van der Waals surface area (Å²) in [6.45, 7) is 2.40. The average molecular weight is 298 g/mol. The van der Waals surface area contributed by atoms with E-state index in [0.29, 0.717) is 28.6 Å². The van der Waals surface area contributed by atoms with E-state index in [1.807, 2.05) is 6.92 Å². The molecular formula is C11H15Cl3N2O. The lowest BCUT2D eigenvalue weighted by atomic mass is 10.2. The van der Waals surface area contributed by atoms with Crippen LogP contribution in [0.5, 0.6) is 0 Å². The predicted molar refractivity (Wildman–Crippen MR) is 74.3 cm³/mol. The van der Waals surface area contributed by atoms with Crippen molar-refractivity contribution in [1.82, 2.24) is 5.32 Å². The van der Waals surface area contributed by atoms with Crippen LogP contribution in [0.4, 0.5) is 0 Å². The van der Waals surface area contributed by atoms with E-state index in [-0.39, 0.29) is 24.4 Å². The zero-order valence-electron chi connectivity index (χ0n) is 9.37. The van der Waals surface area contributed by atoms with Crippen molar-refractivity contribution in [2.24, 2.45) is 5.73 Å². The molecule has 1 aromatic carbocycles. The average Bonchev–Trinajstić information content (AvgIpc) is 2.16. The number of amides is 1. The Morgan fingerprint density at radius 3 is 2.41 bits per heavy atom. The zero-order chi connectivity index (χ0) is 12.1. The fourth-order valence-corrected chi connectivity index (χ4v) is 1.79. The highest BCUT2D eigenvalue weighted by Crippen LogP contribution is 2.23. The van der Waals surface area contributed by atoms with Gasteiger partial charge >= 0.3 is 0 Å². The van der Waals surface area contributed by atoms with Gasteiger partial charge in [-0.15, -0.1) is 12.4 Å². The van der Waals surface area contributed by atoms with Gasteiger partial charge in [-0.05, 0) is 25.5 Å². The Morgan fingerprint density at radius 2 is 1.94 bits per heavy atom. The summed E-state index contributed by atoms with van der Waals surface area (Å²) in [7, 11) is 0. The molecule has 1 aromatic rings. The number of nitrogens with two attached hydrogens (primary N) is 1. The van der Waals surface area contributed by atoms with Crippen LogP contribution >= 0.6 is 35.6 Å². The second-order valence-corrected chi connectivity index (χ2v) is 4.43. The second-order valence-electron chi connectivity index (χ2n) is 3.62. The number of benzene rings is 1. The molecule has 17 heavy (non-hydrogen) atoms. The van der Waals surface area contributed by atoms with E-state index in [1.54, 1.807) is 18.2 Å². The number of halogens is 3. The standard InChI is InChI=1S/C11H14Cl2N2O.ClH/c1-7(14)5-6-15-11(16)10-8(12)3-2-4-9(10)13;/h2-4,7H,5-6,14H2,1H3,(H,15,16);1H. The van der Waals surface area contributed by atoms with Gasteiger partial charge < -0.3 is 11.1 Å². The molecule has 1 unspecified atom stereocenters. The molecule has 0 bridgehead atoms. The second kappa shape index (κ2) is 7.77. The summed E-state index contributed by atoms with van der Waals surface area (Å²) >= 11 is 11.8. The fraction of sp³-hybridized carbons (Fsp3) is 0.364. The van der Waals surface area contributed by atoms with Crippen LogP contribution in [-0.4, -0.2) is 18.5 Å². The molecule has 0 aliphatic carbocycles. The number of rotatable bonds is 4. The Hall–Kier alpha value is -0.480. The molecule has 0 fully saturated rings. The molecule has 0 radical (unpaired) electrons. The molecule has 0 aliphatic heterocycles. The number of hydrogen-bond donors (Lipinski definition) is 2. The summed E-state index contributed by atoms with van der Waals surface area (Å²) in [5.41, 5.74) is 5.89. The molecule has 0 heterocycles. The molecule has 6 heteroatoms. The maximum Gasteiger partial charge on any atom is 0.254 e. The van der Waals surface area contributed by atoms with Crippen LogP contribution in [0.3, 0.4) is 0 Å². The number of hydrogen-bond acceptors (Lipinski definition) is 2. The molecule has 0 saturated carbocycles. The van der Waals surface area contributed by atoms with Gasteiger partial charge in [0, 0.05) is 12.6 Å². The highest BCUT2D eigenvalue weighted by molar-refractivity contribution is 6.39. The number of nitrogens with one attached hydrogen (secondary N) is 1. The van der Waals surface area contributed by atoms with Gasteiger partial charge in [-0.1, -0.05) is 29.3 Å². The molecule has 0 aromatic heterocycles. The van der Waals surface area contributed by atoms with E-state index < -0.39 is 0 Å². The van der Waals surface area contributed by atoms with Crippen molar-refractivity contribution in [2.75, 3.05) is 6.54 Å². The van der Waals surface area contributed by atoms with Gasteiger partial charge in [0.1, 0.15) is 0 Å². The van der Waals surface area contributed by atoms with Crippen molar-refractivity contribution in [2.45, 2.75) is 19.4 Å². The quantitative estimate of drug-likeness (QED) is 0.898. The summed E-state index contributed by atoms with van der Waals surface area (Å²) in [5.74, 6) is -0.267. The minimum Gasteiger partial charge on any atom is -0.352 e. The lowest BCUT2D eigenvalue weighted by molar-refractivity contribution is 0.0953. The zero-order valence-corrected chi connectivity index (χ0v) is 11.7. The number of carbonyl (C=O) groups is 1. The third-order valence-corrected chi connectivity index (χ3v) is 2.71. The van der Waals surface area contributed by atoms with Crippen molar-refractivity contribution in [1.29, 1.82) is 0 Å². The lowest BCUT2D eigenvalue weighted by Crippen LogP contribution is -2.29. The van der Waals surface area contributed by atoms with Gasteiger partial charge in [-0.3, -0.25) is 4.79 Å². The van der Waals surface area contributed by atoms with Gasteiger partial charge in [0.2, 0.25) is 0 Å². The third kappa shape index (κ3) is 5.13. The number of carbonyl (C=O) groups excluding carboxylic acids is 1. The molecule has 0 saturated heterocycles. The Balaban J connectivity index is 0.00000256. The minimum atomic E-state index is -0.267. The summed E-state index contributed by atoms with van der Waals surface area (Å²) < 4.78 is 0. The van der Waals surface area contributed by atoms with Crippen LogP contribution in [0.2, 0.25) is 10.0 Å². The van der Waals surface area contributed by atoms with Crippen molar-refractivity contribution in [3.8, 4) is 0 Å². The van der Waals surface area contributed by atoms with Gasteiger partial charge in [-0.2, -0.15) is 0 Å². The van der Waals surface area contributed by atoms with E-state index in [0.717, 1.165) is 0 Å². The molecule has 1 amide bonds. The molecule has 1 rings (SSSR count). The molecular weight excluding hydrogens is 282 g/mol. The Bertz CT molecular complexity index is 363. The van der Waals surface area contributed by atoms with Crippen molar-refractivity contribution in [3.63, 3.8) is 0 Å². The summed E-state index contributed by atoms with van der Waals surface area (Å²) in [6, 6.07) is 5.02. The van der Waals surface area contributed by atoms with Crippen LogP contribution in [-0.2, 0) is 0 Å². The van der Waals surface area contributed by atoms with Gasteiger partial charge in [0.05, 0.1) is 15.6 Å². The topological polar surface area (TPSA) is 55.1 Å². The highest BCUT2D eigenvalue weighted by Gasteiger charge is 2.13. The first-order valence-electron chi connectivity index (χ1n) is 5.00. The van der Waals surface area contributed by atoms with Gasteiger partial charge in [0.15, 0.2) is 0 Å².